The molecule has 1 N–H and O–H groups in total. The topological polar surface area (TPSA) is 38.3 Å². The average Bonchev–Trinajstić information content (AvgIpc) is 2.32. The van der Waals surface area contributed by atoms with Crippen LogP contribution in [0.25, 0.3) is 0 Å². The Hall–Kier alpha value is -1.49. The minimum absolute atomic E-state index is 0.173. The van der Waals surface area contributed by atoms with Gasteiger partial charge >= 0.3 is 5.97 Å². The zero-order valence-corrected chi connectivity index (χ0v) is 10.5. The molecule has 0 amide bonds. The number of hydrogen-bond acceptors (Lipinski definition) is 3. The number of ether oxygens (including phenoxy) is 1. The molecule has 0 radical (unpaired) electrons. The second kappa shape index (κ2) is 7.06. The van der Waals surface area contributed by atoms with E-state index < -0.39 is 11.6 Å². The fourth-order valence-electron chi connectivity index (χ4n) is 1.60. The molecule has 0 aliphatic heterocycles. The zero-order chi connectivity index (χ0) is 13.5. The molecular weight excluding hydrogens is 240 g/mol. The monoisotopic (exact) mass is 257 g/mol. The quantitative estimate of drug-likeness (QED) is 0.628. The van der Waals surface area contributed by atoms with Crippen LogP contribution >= 0.6 is 0 Å². The lowest BCUT2D eigenvalue weighted by atomic mass is 10.1. The lowest BCUT2D eigenvalue weighted by molar-refractivity contribution is -0.140. The normalized spacial score (nSPS) is 12.2. The van der Waals surface area contributed by atoms with Gasteiger partial charge in [-0.3, -0.25) is 4.79 Å². The van der Waals surface area contributed by atoms with Gasteiger partial charge in [0, 0.05) is 18.5 Å². The van der Waals surface area contributed by atoms with Crippen molar-refractivity contribution in [2.75, 3.05) is 13.7 Å². The van der Waals surface area contributed by atoms with E-state index in [2.05, 4.69) is 10.1 Å². The summed E-state index contributed by atoms with van der Waals surface area (Å²) in [4.78, 5) is 10.9. The molecule has 5 heteroatoms. The van der Waals surface area contributed by atoms with Crippen molar-refractivity contribution in [2.45, 2.75) is 25.8 Å². The minimum Gasteiger partial charge on any atom is -0.469 e. The Balaban J connectivity index is 2.40. The van der Waals surface area contributed by atoms with E-state index in [9.17, 15) is 13.6 Å². The Morgan fingerprint density at radius 2 is 1.94 bits per heavy atom. The first-order chi connectivity index (χ1) is 8.52. The Morgan fingerprint density at radius 3 is 2.50 bits per heavy atom. The minimum atomic E-state index is -0.590. The second-order valence-corrected chi connectivity index (χ2v) is 4.06. The van der Waals surface area contributed by atoms with Crippen molar-refractivity contribution < 1.29 is 18.3 Å². The lowest BCUT2D eigenvalue weighted by Gasteiger charge is -2.14. The number of rotatable bonds is 6. The van der Waals surface area contributed by atoms with E-state index in [1.807, 2.05) is 6.92 Å². The summed E-state index contributed by atoms with van der Waals surface area (Å²) in [6.45, 7) is 2.39. The first kappa shape index (κ1) is 14.6. The van der Waals surface area contributed by atoms with Gasteiger partial charge in [-0.25, -0.2) is 8.78 Å². The van der Waals surface area contributed by atoms with Gasteiger partial charge in [0.2, 0.25) is 0 Å². The Morgan fingerprint density at radius 1 is 1.33 bits per heavy atom. The number of nitrogens with one attached hydrogen (secondary N) is 1. The third-order valence-corrected chi connectivity index (χ3v) is 2.62. The van der Waals surface area contributed by atoms with Crippen LogP contribution in [0.3, 0.4) is 0 Å². The average molecular weight is 257 g/mol. The van der Waals surface area contributed by atoms with E-state index >= 15 is 0 Å². The summed E-state index contributed by atoms with van der Waals surface area (Å²) in [5.41, 5.74) is 0.547. The summed E-state index contributed by atoms with van der Waals surface area (Å²) >= 11 is 0. The molecule has 0 aromatic heterocycles. The van der Waals surface area contributed by atoms with E-state index in [0.717, 1.165) is 6.07 Å². The van der Waals surface area contributed by atoms with Crippen molar-refractivity contribution >= 4 is 5.97 Å². The van der Waals surface area contributed by atoms with E-state index in [4.69, 9.17) is 0 Å². The number of halogens is 2. The Labute approximate surface area is 105 Å². The highest BCUT2D eigenvalue weighted by molar-refractivity contribution is 5.69. The van der Waals surface area contributed by atoms with Crippen LogP contribution in [0.5, 0.6) is 0 Å². The molecule has 1 rings (SSSR count). The van der Waals surface area contributed by atoms with Gasteiger partial charge in [-0.1, -0.05) is 0 Å². The molecule has 0 fully saturated rings. The maximum absolute atomic E-state index is 13.0. The molecule has 0 aliphatic carbocycles. The molecule has 18 heavy (non-hydrogen) atoms. The highest BCUT2D eigenvalue weighted by atomic mass is 19.1. The molecule has 1 unspecified atom stereocenters. The zero-order valence-electron chi connectivity index (χ0n) is 10.5. The van der Waals surface area contributed by atoms with Gasteiger partial charge in [0.1, 0.15) is 11.6 Å². The van der Waals surface area contributed by atoms with Crippen molar-refractivity contribution in [2.24, 2.45) is 0 Å². The standard InChI is InChI=1S/C13H17F2NO2/c1-9(16-5-3-4-13(17)18-2)10-6-11(14)8-12(15)7-10/h6-9,16H,3-5H2,1-2H3. The van der Waals surface area contributed by atoms with Crippen LogP contribution in [-0.4, -0.2) is 19.6 Å². The van der Waals surface area contributed by atoms with Crippen LogP contribution < -0.4 is 5.32 Å². The number of methoxy groups -OCH3 is 1. The highest BCUT2D eigenvalue weighted by Crippen LogP contribution is 2.15. The van der Waals surface area contributed by atoms with Gasteiger partial charge in [-0.05, 0) is 37.6 Å². The van der Waals surface area contributed by atoms with Crippen molar-refractivity contribution in [3.63, 3.8) is 0 Å². The first-order valence-electron chi connectivity index (χ1n) is 5.79. The fourth-order valence-corrected chi connectivity index (χ4v) is 1.60. The summed E-state index contributed by atoms with van der Waals surface area (Å²) in [7, 11) is 1.34. The summed E-state index contributed by atoms with van der Waals surface area (Å²) in [6.07, 6.45) is 0.947. The van der Waals surface area contributed by atoms with Gasteiger partial charge in [-0.2, -0.15) is 0 Å². The first-order valence-corrected chi connectivity index (χ1v) is 5.79. The van der Waals surface area contributed by atoms with E-state index in [1.165, 1.54) is 19.2 Å². The highest BCUT2D eigenvalue weighted by Gasteiger charge is 2.08. The largest absolute Gasteiger partial charge is 0.469 e. The number of benzene rings is 1. The molecule has 0 saturated heterocycles. The van der Waals surface area contributed by atoms with Crippen LogP contribution in [0.4, 0.5) is 8.78 Å². The molecule has 1 aromatic carbocycles. The number of esters is 1. The van der Waals surface area contributed by atoms with E-state index in [-0.39, 0.29) is 12.0 Å². The SMILES string of the molecule is COC(=O)CCCNC(C)c1cc(F)cc(F)c1. The van der Waals surface area contributed by atoms with Gasteiger partial charge in [0.05, 0.1) is 7.11 Å². The number of carbonyl (C=O) groups excluding carboxylic acids is 1. The van der Waals surface area contributed by atoms with Crippen molar-refractivity contribution in [1.29, 1.82) is 0 Å². The fraction of sp³-hybridized carbons (Fsp3) is 0.462. The summed E-state index contributed by atoms with van der Waals surface area (Å²) in [5.74, 6) is -1.44. The molecule has 1 aromatic rings. The molecule has 0 bridgehead atoms. The molecule has 0 spiro atoms. The second-order valence-electron chi connectivity index (χ2n) is 4.06. The lowest BCUT2D eigenvalue weighted by Crippen LogP contribution is -2.21. The molecule has 0 saturated carbocycles. The van der Waals surface area contributed by atoms with Crippen LogP contribution in [-0.2, 0) is 9.53 Å². The molecule has 100 valence electrons. The van der Waals surface area contributed by atoms with Gasteiger partial charge < -0.3 is 10.1 Å². The molecular formula is C13H17F2NO2. The van der Waals surface area contributed by atoms with E-state index in [0.29, 0.717) is 24.9 Å². The molecule has 0 heterocycles. The summed E-state index contributed by atoms with van der Waals surface area (Å²) < 4.78 is 30.5. The molecule has 0 aliphatic rings. The van der Waals surface area contributed by atoms with Gasteiger partial charge in [-0.15, -0.1) is 0 Å². The Kier molecular flexibility index (Phi) is 5.71. The van der Waals surface area contributed by atoms with Crippen LogP contribution in [0.15, 0.2) is 18.2 Å². The predicted octanol–water partition coefficient (Wildman–Crippen LogP) is 2.57. The third-order valence-electron chi connectivity index (χ3n) is 2.62. The van der Waals surface area contributed by atoms with Crippen LogP contribution in [0, 0.1) is 11.6 Å². The summed E-state index contributed by atoms with van der Waals surface area (Å²) in [6, 6.07) is 3.25. The van der Waals surface area contributed by atoms with Crippen LogP contribution in [0.1, 0.15) is 31.4 Å². The number of carbonyl (C=O) groups is 1. The van der Waals surface area contributed by atoms with Gasteiger partial charge in [0.25, 0.3) is 0 Å². The smallest absolute Gasteiger partial charge is 0.305 e. The maximum Gasteiger partial charge on any atom is 0.305 e. The van der Waals surface area contributed by atoms with Gasteiger partial charge in [0.15, 0.2) is 0 Å². The number of hydrogen-bond donors (Lipinski definition) is 1. The van der Waals surface area contributed by atoms with Crippen molar-refractivity contribution in [3.8, 4) is 0 Å². The Bertz CT molecular complexity index is 390. The molecule has 3 nitrogen and oxygen atoms in total. The summed E-state index contributed by atoms with van der Waals surface area (Å²) in [5, 5.41) is 3.09. The van der Waals surface area contributed by atoms with Crippen molar-refractivity contribution in [3.05, 3.63) is 35.4 Å². The van der Waals surface area contributed by atoms with Crippen LogP contribution in [0.2, 0.25) is 0 Å². The predicted molar refractivity (Wildman–Crippen MR) is 64.0 cm³/mol. The third kappa shape index (κ3) is 4.79. The van der Waals surface area contributed by atoms with E-state index in [1.54, 1.807) is 0 Å². The van der Waals surface area contributed by atoms with Crippen molar-refractivity contribution in [1.82, 2.24) is 5.32 Å². The molecule has 1 atom stereocenters. The maximum atomic E-state index is 13.0.